The number of benzene rings is 2. The minimum atomic E-state index is -0.165. The highest BCUT2D eigenvalue weighted by Gasteiger charge is 2.28. The molecule has 6 heteroatoms. The van der Waals surface area contributed by atoms with Crippen molar-refractivity contribution in [1.82, 2.24) is 4.90 Å². The summed E-state index contributed by atoms with van der Waals surface area (Å²) in [5, 5.41) is 0.807. The van der Waals surface area contributed by atoms with Crippen molar-refractivity contribution in [3.8, 4) is 5.75 Å². The van der Waals surface area contributed by atoms with E-state index in [1.807, 2.05) is 30.3 Å². The number of rotatable bonds is 5. The summed E-state index contributed by atoms with van der Waals surface area (Å²) < 4.78 is 5.82. The summed E-state index contributed by atoms with van der Waals surface area (Å²) >= 11 is 1.47. The third kappa shape index (κ3) is 4.70. The van der Waals surface area contributed by atoms with Crippen molar-refractivity contribution in [2.45, 2.75) is 20.3 Å². The molecule has 0 N–H and O–H groups in total. The molecule has 156 valence electrons. The fraction of sp³-hybridized carbons (Fsp3) is 0.333. The number of aliphatic imine (C=N–C) groups is 1. The SMILES string of the molecule is CCCOc1ccccc1/C=C1\SC(N2CCN(c3cccc(C)c3)CC2)=NC1=O. The van der Waals surface area contributed by atoms with Gasteiger partial charge in [-0.05, 0) is 54.9 Å². The second-order valence-corrected chi connectivity index (χ2v) is 8.52. The number of hydrogen-bond donors (Lipinski definition) is 0. The van der Waals surface area contributed by atoms with Crippen LogP contribution in [0, 0.1) is 6.92 Å². The van der Waals surface area contributed by atoms with Crippen molar-refractivity contribution < 1.29 is 9.53 Å². The second-order valence-electron chi connectivity index (χ2n) is 7.51. The maximum Gasteiger partial charge on any atom is 0.286 e. The molecule has 1 amide bonds. The Morgan fingerprint density at radius 3 is 2.60 bits per heavy atom. The molecule has 0 aliphatic carbocycles. The van der Waals surface area contributed by atoms with Crippen LogP contribution in [0.15, 0.2) is 58.4 Å². The predicted octanol–water partition coefficient (Wildman–Crippen LogP) is 4.58. The van der Waals surface area contributed by atoms with Crippen LogP contribution in [0.1, 0.15) is 24.5 Å². The second kappa shape index (κ2) is 9.39. The van der Waals surface area contributed by atoms with Crippen molar-refractivity contribution >= 4 is 34.6 Å². The number of anilines is 1. The van der Waals surface area contributed by atoms with Gasteiger partial charge in [-0.25, -0.2) is 0 Å². The first kappa shape index (κ1) is 20.5. The summed E-state index contributed by atoms with van der Waals surface area (Å²) in [6.45, 7) is 8.42. The van der Waals surface area contributed by atoms with Crippen LogP contribution in [0.3, 0.4) is 0 Å². The lowest BCUT2D eigenvalue weighted by Gasteiger charge is -2.36. The fourth-order valence-corrected chi connectivity index (χ4v) is 4.55. The summed E-state index contributed by atoms with van der Waals surface area (Å²) in [4.78, 5) is 22.1. The Morgan fingerprint density at radius 1 is 1.07 bits per heavy atom. The molecule has 0 saturated carbocycles. The van der Waals surface area contributed by atoms with Crippen molar-refractivity contribution in [2.75, 3.05) is 37.7 Å². The first-order valence-corrected chi connectivity index (χ1v) is 11.3. The van der Waals surface area contributed by atoms with Crippen molar-refractivity contribution in [1.29, 1.82) is 0 Å². The van der Waals surface area contributed by atoms with Gasteiger partial charge in [0, 0.05) is 37.4 Å². The third-order valence-electron chi connectivity index (χ3n) is 5.19. The molecule has 5 nitrogen and oxygen atoms in total. The average molecular weight is 422 g/mol. The molecule has 0 bridgehead atoms. The molecule has 0 unspecified atom stereocenters. The zero-order chi connectivity index (χ0) is 20.9. The Hall–Kier alpha value is -2.73. The highest BCUT2D eigenvalue weighted by molar-refractivity contribution is 8.18. The molecule has 2 aliphatic rings. The van der Waals surface area contributed by atoms with Crippen LogP contribution in [0.4, 0.5) is 5.69 Å². The van der Waals surface area contributed by atoms with Gasteiger partial charge in [0.05, 0.1) is 11.5 Å². The van der Waals surface area contributed by atoms with Crippen LogP contribution in [0.25, 0.3) is 6.08 Å². The van der Waals surface area contributed by atoms with Gasteiger partial charge in [-0.3, -0.25) is 4.79 Å². The van der Waals surface area contributed by atoms with Crippen LogP contribution in [-0.2, 0) is 4.79 Å². The van der Waals surface area contributed by atoms with Crippen molar-refractivity contribution in [3.05, 3.63) is 64.6 Å². The molecule has 2 heterocycles. The van der Waals surface area contributed by atoms with Gasteiger partial charge in [0.25, 0.3) is 5.91 Å². The Balaban J connectivity index is 1.41. The first-order chi connectivity index (χ1) is 14.6. The van der Waals surface area contributed by atoms with Gasteiger partial charge in [0.2, 0.25) is 0 Å². The van der Waals surface area contributed by atoms with E-state index in [1.165, 1.54) is 23.0 Å². The fourth-order valence-electron chi connectivity index (χ4n) is 3.60. The Bertz CT molecular complexity index is 978. The molecule has 0 atom stereocenters. The number of hydrogen-bond acceptors (Lipinski definition) is 5. The predicted molar refractivity (Wildman–Crippen MR) is 125 cm³/mol. The number of amidine groups is 1. The van der Waals surface area contributed by atoms with Crippen LogP contribution in [0.5, 0.6) is 5.75 Å². The molecule has 0 radical (unpaired) electrons. The number of amides is 1. The average Bonchev–Trinajstić information content (AvgIpc) is 3.13. The molecule has 1 saturated heterocycles. The number of carbonyl (C=O) groups is 1. The first-order valence-electron chi connectivity index (χ1n) is 10.4. The highest BCUT2D eigenvalue weighted by Crippen LogP contribution is 2.33. The van der Waals surface area contributed by atoms with Crippen LogP contribution < -0.4 is 9.64 Å². The number of ether oxygens (including phenoxy) is 1. The van der Waals surface area contributed by atoms with Gasteiger partial charge in [-0.1, -0.05) is 37.3 Å². The van der Waals surface area contributed by atoms with Crippen LogP contribution in [-0.4, -0.2) is 48.8 Å². The van der Waals surface area contributed by atoms with E-state index in [-0.39, 0.29) is 5.91 Å². The van der Waals surface area contributed by atoms with E-state index in [9.17, 15) is 4.79 Å². The zero-order valence-corrected chi connectivity index (χ0v) is 18.3. The van der Waals surface area contributed by atoms with Gasteiger partial charge in [0.15, 0.2) is 5.17 Å². The third-order valence-corrected chi connectivity index (χ3v) is 6.24. The summed E-state index contributed by atoms with van der Waals surface area (Å²) in [6.07, 6.45) is 2.85. The van der Waals surface area contributed by atoms with E-state index < -0.39 is 0 Å². The molecule has 2 aliphatic heterocycles. The number of thioether (sulfide) groups is 1. The molecular formula is C24H27N3O2S. The van der Waals surface area contributed by atoms with E-state index in [0.29, 0.717) is 11.5 Å². The van der Waals surface area contributed by atoms with E-state index in [2.05, 4.69) is 52.9 Å². The molecule has 2 aromatic carbocycles. The normalized spacial score (nSPS) is 18.1. The maximum absolute atomic E-state index is 12.5. The molecule has 1 fully saturated rings. The van der Waals surface area contributed by atoms with Gasteiger partial charge in [-0.15, -0.1) is 0 Å². The van der Waals surface area contributed by atoms with Gasteiger partial charge >= 0.3 is 0 Å². The molecule has 30 heavy (non-hydrogen) atoms. The molecule has 0 spiro atoms. The quantitative estimate of drug-likeness (QED) is 0.662. The van der Waals surface area contributed by atoms with Crippen LogP contribution >= 0.6 is 11.8 Å². The zero-order valence-electron chi connectivity index (χ0n) is 17.5. The summed E-state index contributed by atoms with van der Waals surface area (Å²) in [6, 6.07) is 16.4. The summed E-state index contributed by atoms with van der Waals surface area (Å²) in [5.74, 6) is 0.641. The summed E-state index contributed by atoms with van der Waals surface area (Å²) in [5.41, 5.74) is 3.45. The number of nitrogens with zero attached hydrogens (tertiary/aromatic N) is 3. The topological polar surface area (TPSA) is 45.1 Å². The smallest absolute Gasteiger partial charge is 0.286 e. The van der Waals surface area contributed by atoms with Crippen molar-refractivity contribution in [3.63, 3.8) is 0 Å². The lowest BCUT2D eigenvalue weighted by molar-refractivity contribution is -0.113. The lowest BCUT2D eigenvalue weighted by Crippen LogP contribution is -2.47. The Morgan fingerprint density at radius 2 is 1.83 bits per heavy atom. The Kier molecular flexibility index (Phi) is 6.43. The van der Waals surface area contributed by atoms with Crippen molar-refractivity contribution in [2.24, 2.45) is 4.99 Å². The van der Waals surface area contributed by atoms with Crippen LogP contribution in [0.2, 0.25) is 0 Å². The molecular weight excluding hydrogens is 394 g/mol. The van der Waals surface area contributed by atoms with E-state index in [1.54, 1.807) is 0 Å². The number of para-hydroxylation sites is 1. The monoisotopic (exact) mass is 421 g/mol. The maximum atomic E-state index is 12.5. The van der Waals surface area contributed by atoms with Gasteiger partial charge in [-0.2, -0.15) is 4.99 Å². The van der Waals surface area contributed by atoms with Gasteiger partial charge in [0.1, 0.15) is 5.75 Å². The minimum absolute atomic E-state index is 0.165. The molecule has 2 aromatic rings. The Labute approximate surface area is 182 Å². The number of aryl methyl sites for hydroxylation is 1. The lowest BCUT2D eigenvalue weighted by atomic mass is 10.2. The highest BCUT2D eigenvalue weighted by atomic mass is 32.2. The standard InChI is InChI=1S/C24H27N3O2S/c1-3-15-29-21-10-5-4-8-19(21)17-22-23(28)25-24(30-22)27-13-11-26(12-14-27)20-9-6-7-18(2)16-20/h4-10,16-17H,3,11-15H2,1-2H3/b22-17-. The largest absolute Gasteiger partial charge is 0.493 e. The van der Waals surface area contributed by atoms with E-state index in [0.717, 1.165) is 49.1 Å². The van der Waals surface area contributed by atoms with E-state index >= 15 is 0 Å². The van der Waals surface area contributed by atoms with E-state index in [4.69, 9.17) is 4.74 Å². The number of carbonyl (C=O) groups excluding carboxylic acids is 1. The molecule has 0 aromatic heterocycles. The van der Waals surface area contributed by atoms with Gasteiger partial charge < -0.3 is 14.5 Å². The summed E-state index contributed by atoms with van der Waals surface area (Å²) in [7, 11) is 0. The minimum Gasteiger partial charge on any atom is -0.493 e. The number of piperazine rings is 1. The molecule has 4 rings (SSSR count).